The molecule has 0 fully saturated rings. The summed E-state index contributed by atoms with van der Waals surface area (Å²) in [5.74, 6) is -0.286. The summed E-state index contributed by atoms with van der Waals surface area (Å²) in [5, 5.41) is 13.7. The second kappa shape index (κ2) is 4.61. The van der Waals surface area contributed by atoms with Crippen LogP contribution in [0.2, 0.25) is 0 Å². The number of thiazole rings is 1. The molecule has 0 bridgehead atoms. The van der Waals surface area contributed by atoms with E-state index in [4.69, 9.17) is 9.84 Å². The number of fused-ring (bicyclic) bond motifs is 1. The molecule has 2 aromatic heterocycles. The van der Waals surface area contributed by atoms with Gasteiger partial charge in [0.15, 0.2) is 5.69 Å². The van der Waals surface area contributed by atoms with Crippen molar-refractivity contribution in [3.05, 3.63) is 35.7 Å². The highest BCUT2D eigenvalue weighted by atomic mass is 32.1. The number of hydrogen-bond acceptors (Lipinski definition) is 5. The number of methoxy groups -OCH3 is 1. The molecule has 3 rings (SSSR count). The van der Waals surface area contributed by atoms with E-state index in [1.54, 1.807) is 18.7 Å². The molecular weight excluding hydrogens is 278 g/mol. The van der Waals surface area contributed by atoms with Gasteiger partial charge in [-0.15, -0.1) is 0 Å². The highest BCUT2D eigenvalue weighted by Crippen LogP contribution is 2.28. The Hall–Kier alpha value is -2.41. The van der Waals surface area contributed by atoms with Crippen LogP contribution >= 0.6 is 11.3 Å². The summed E-state index contributed by atoms with van der Waals surface area (Å²) < 4.78 is 7.68. The Morgan fingerprint density at radius 3 is 2.85 bits per heavy atom. The molecule has 1 aromatic carbocycles. The molecule has 0 aliphatic rings. The van der Waals surface area contributed by atoms with E-state index >= 15 is 0 Å². The molecule has 6 nitrogen and oxygen atoms in total. The first kappa shape index (κ1) is 12.6. The molecule has 0 saturated carbocycles. The van der Waals surface area contributed by atoms with Gasteiger partial charge in [-0.3, -0.25) is 0 Å². The molecule has 3 aromatic rings. The van der Waals surface area contributed by atoms with Crippen LogP contribution in [0.15, 0.2) is 24.3 Å². The van der Waals surface area contributed by atoms with Crippen molar-refractivity contribution in [2.24, 2.45) is 0 Å². The molecule has 1 N–H and O–H groups in total. The summed E-state index contributed by atoms with van der Waals surface area (Å²) in [6.45, 7) is 1.80. The zero-order valence-corrected chi connectivity index (χ0v) is 11.6. The Balaban J connectivity index is 2.12. The topological polar surface area (TPSA) is 77.2 Å². The number of carboxylic acids is 1. The standard InChI is InChI=1S/C13H11N3O3S/c1-7-5-10(12(17)18)15-16(7)13-14-9-4-3-8(19-2)6-11(9)20-13/h3-6H,1-2H3,(H,17,18). The van der Waals surface area contributed by atoms with Crippen LogP contribution in [-0.2, 0) is 0 Å². The van der Waals surface area contributed by atoms with Gasteiger partial charge in [0.25, 0.3) is 0 Å². The molecule has 0 aliphatic heterocycles. The number of benzene rings is 1. The van der Waals surface area contributed by atoms with Crippen molar-refractivity contribution in [1.29, 1.82) is 0 Å². The van der Waals surface area contributed by atoms with E-state index in [1.165, 1.54) is 17.4 Å². The Morgan fingerprint density at radius 1 is 1.40 bits per heavy atom. The number of ether oxygens (including phenoxy) is 1. The first-order chi connectivity index (χ1) is 9.58. The molecule has 102 valence electrons. The van der Waals surface area contributed by atoms with E-state index in [0.29, 0.717) is 5.13 Å². The molecule has 0 unspecified atom stereocenters. The molecule has 0 saturated heterocycles. The molecule has 0 radical (unpaired) electrons. The number of aryl methyl sites for hydroxylation is 1. The lowest BCUT2D eigenvalue weighted by Gasteiger charge is -1.96. The molecule has 0 aliphatic carbocycles. The van der Waals surface area contributed by atoms with Gasteiger partial charge in [0.1, 0.15) is 5.75 Å². The lowest BCUT2D eigenvalue weighted by Crippen LogP contribution is -2.01. The van der Waals surface area contributed by atoms with Gasteiger partial charge in [0.05, 0.1) is 17.3 Å². The van der Waals surface area contributed by atoms with Crippen LogP contribution < -0.4 is 4.74 Å². The van der Waals surface area contributed by atoms with Crippen molar-refractivity contribution < 1.29 is 14.6 Å². The SMILES string of the molecule is COc1ccc2nc(-n3nc(C(=O)O)cc3C)sc2c1. The predicted molar refractivity (Wildman–Crippen MR) is 75.0 cm³/mol. The van der Waals surface area contributed by atoms with Crippen molar-refractivity contribution in [2.75, 3.05) is 7.11 Å². The van der Waals surface area contributed by atoms with Gasteiger partial charge in [-0.05, 0) is 31.2 Å². The van der Waals surface area contributed by atoms with Crippen molar-refractivity contribution in [1.82, 2.24) is 14.8 Å². The summed E-state index contributed by atoms with van der Waals surface area (Å²) >= 11 is 1.44. The number of aromatic nitrogens is 3. The highest BCUT2D eigenvalue weighted by molar-refractivity contribution is 7.20. The van der Waals surface area contributed by atoms with E-state index in [1.807, 2.05) is 18.2 Å². The average Bonchev–Trinajstić information content (AvgIpc) is 3.00. The van der Waals surface area contributed by atoms with E-state index in [2.05, 4.69) is 10.1 Å². The molecule has 7 heteroatoms. The third kappa shape index (κ3) is 2.01. The number of rotatable bonds is 3. The summed E-state index contributed by atoms with van der Waals surface area (Å²) in [7, 11) is 1.61. The Bertz CT molecular complexity index is 806. The van der Waals surface area contributed by atoms with Gasteiger partial charge >= 0.3 is 5.97 Å². The van der Waals surface area contributed by atoms with Crippen LogP contribution in [0.5, 0.6) is 5.75 Å². The van der Waals surface area contributed by atoms with E-state index in [-0.39, 0.29) is 5.69 Å². The van der Waals surface area contributed by atoms with E-state index < -0.39 is 5.97 Å². The maximum absolute atomic E-state index is 10.9. The smallest absolute Gasteiger partial charge is 0.356 e. The lowest BCUT2D eigenvalue weighted by atomic mass is 10.3. The minimum atomic E-state index is -1.05. The monoisotopic (exact) mass is 289 g/mol. The summed E-state index contributed by atoms with van der Waals surface area (Å²) in [4.78, 5) is 15.4. The second-order valence-corrected chi connectivity index (χ2v) is 5.23. The predicted octanol–water partition coefficient (Wildman–Crippen LogP) is 2.50. The third-order valence-electron chi connectivity index (χ3n) is 2.87. The van der Waals surface area contributed by atoms with Crippen LogP contribution in [0, 0.1) is 6.92 Å². The van der Waals surface area contributed by atoms with Gasteiger partial charge in [-0.2, -0.15) is 5.10 Å². The van der Waals surface area contributed by atoms with Crippen molar-refractivity contribution in [3.8, 4) is 10.9 Å². The first-order valence-electron chi connectivity index (χ1n) is 5.83. The number of nitrogens with zero attached hydrogens (tertiary/aromatic N) is 3. The molecule has 0 amide bonds. The molecule has 0 atom stereocenters. The number of aromatic carboxylic acids is 1. The highest BCUT2D eigenvalue weighted by Gasteiger charge is 2.14. The van der Waals surface area contributed by atoms with Crippen molar-refractivity contribution in [3.63, 3.8) is 0 Å². The maximum Gasteiger partial charge on any atom is 0.356 e. The molecule has 2 heterocycles. The molecule has 20 heavy (non-hydrogen) atoms. The second-order valence-electron chi connectivity index (χ2n) is 4.22. The summed E-state index contributed by atoms with van der Waals surface area (Å²) in [6.07, 6.45) is 0. The number of carboxylic acid groups (broad SMARTS) is 1. The van der Waals surface area contributed by atoms with Gasteiger partial charge in [0.2, 0.25) is 5.13 Å². The van der Waals surface area contributed by atoms with Crippen molar-refractivity contribution in [2.45, 2.75) is 6.92 Å². The summed E-state index contributed by atoms with van der Waals surface area (Å²) in [6, 6.07) is 7.12. The van der Waals surface area contributed by atoms with Crippen LogP contribution in [0.25, 0.3) is 15.3 Å². The number of carbonyl (C=O) groups is 1. The Morgan fingerprint density at radius 2 is 2.20 bits per heavy atom. The van der Waals surface area contributed by atoms with E-state index in [9.17, 15) is 4.79 Å². The minimum Gasteiger partial charge on any atom is -0.497 e. The number of hydrogen-bond donors (Lipinski definition) is 1. The van der Waals surface area contributed by atoms with Gasteiger partial charge in [-0.25, -0.2) is 14.5 Å². The fourth-order valence-corrected chi connectivity index (χ4v) is 2.89. The van der Waals surface area contributed by atoms with Gasteiger partial charge in [0, 0.05) is 5.69 Å². The normalized spacial score (nSPS) is 10.9. The molecular formula is C13H11N3O3S. The fraction of sp³-hybridized carbons (Fsp3) is 0.154. The summed E-state index contributed by atoms with van der Waals surface area (Å²) in [5.41, 5.74) is 1.57. The zero-order chi connectivity index (χ0) is 14.3. The van der Waals surface area contributed by atoms with Crippen LogP contribution in [0.4, 0.5) is 0 Å². The first-order valence-corrected chi connectivity index (χ1v) is 6.65. The van der Waals surface area contributed by atoms with E-state index in [0.717, 1.165) is 21.7 Å². The van der Waals surface area contributed by atoms with Crippen LogP contribution in [0.3, 0.4) is 0 Å². The van der Waals surface area contributed by atoms with Crippen LogP contribution in [0.1, 0.15) is 16.2 Å². The largest absolute Gasteiger partial charge is 0.497 e. The molecule has 0 spiro atoms. The Kier molecular flexibility index (Phi) is 2.90. The van der Waals surface area contributed by atoms with Crippen molar-refractivity contribution >= 4 is 27.5 Å². The quantitative estimate of drug-likeness (QED) is 0.801. The lowest BCUT2D eigenvalue weighted by molar-refractivity contribution is 0.0690. The average molecular weight is 289 g/mol. The third-order valence-corrected chi connectivity index (χ3v) is 3.87. The van der Waals surface area contributed by atoms with Crippen LogP contribution in [-0.4, -0.2) is 33.0 Å². The van der Waals surface area contributed by atoms with Gasteiger partial charge < -0.3 is 9.84 Å². The minimum absolute atomic E-state index is 0.0133. The zero-order valence-electron chi connectivity index (χ0n) is 10.8. The van der Waals surface area contributed by atoms with Gasteiger partial charge in [-0.1, -0.05) is 11.3 Å². The maximum atomic E-state index is 10.9. The fourth-order valence-electron chi connectivity index (χ4n) is 1.88. The Labute approximate surface area is 118 Å².